The Hall–Kier alpha value is -0.0400. The zero-order valence-electron chi connectivity index (χ0n) is 6.85. The van der Waals surface area contributed by atoms with Crippen LogP contribution in [0.25, 0.3) is 0 Å². The largest absolute Gasteiger partial charge is 0.301 e. The van der Waals surface area contributed by atoms with E-state index in [-0.39, 0.29) is 0 Å². The lowest BCUT2D eigenvalue weighted by atomic mass is 10.3. The van der Waals surface area contributed by atoms with Crippen molar-refractivity contribution in [3.63, 3.8) is 0 Å². The summed E-state index contributed by atoms with van der Waals surface area (Å²) in [6, 6.07) is 0.678. The SMILES string of the molecule is [CH2]CCN(CC)C(C)C. The van der Waals surface area contributed by atoms with Crippen LogP contribution in [0.4, 0.5) is 0 Å². The number of nitrogens with zero attached hydrogens (tertiary/aromatic N) is 1. The first-order chi connectivity index (χ1) is 4.22. The second-order valence-electron chi connectivity index (χ2n) is 2.58. The molecule has 0 saturated heterocycles. The third-order valence-electron chi connectivity index (χ3n) is 1.58. The molecule has 0 bridgehead atoms. The average molecular weight is 128 g/mol. The molecule has 1 nitrogen and oxygen atoms in total. The fraction of sp³-hybridized carbons (Fsp3) is 0.875. The lowest BCUT2D eigenvalue weighted by Crippen LogP contribution is -2.31. The van der Waals surface area contributed by atoms with Gasteiger partial charge in [-0.2, -0.15) is 0 Å². The second kappa shape index (κ2) is 4.80. The molecule has 9 heavy (non-hydrogen) atoms. The van der Waals surface area contributed by atoms with Gasteiger partial charge >= 0.3 is 0 Å². The fourth-order valence-corrected chi connectivity index (χ4v) is 0.985. The van der Waals surface area contributed by atoms with Gasteiger partial charge in [0.05, 0.1) is 0 Å². The van der Waals surface area contributed by atoms with Gasteiger partial charge in [0.15, 0.2) is 0 Å². The van der Waals surface area contributed by atoms with E-state index in [4.69, 9.17) is 0 Å². The Morgan fingerprint density at radius 2 is 2.00 bits per heavy atom. The van der Waals surface area contributed by atoms with Gasteiger partial charge in [0.25, 0.3) is 0 Å². The molecule has 0 aromatic carbocycles. The van der Waals surface area contributed by atoms with Gasteiger partial charge in [-0.15, -0.1) is 0 Å². The van der Waals surface area contributed by atoms with Crippen molar-refractivity contribution in [2.24, 2.45) is 0 Å². The smallest absolute Gasteiger partial charge is 0.00384 e. The molecule has 0 aromatic rings. The van der Waals surface area contributed by atoms with Crippen LogP contribution in [0.3, 0.4) is 0 Å². The van der Waals surface area contributed by atoms with E-state index >= 15 is 0 Å². The summed E-state index contributed by atoms with van der Waals surface area (Å²) in [7, 11) is 0. The van der Waals surface area contributed by atoms with E-state index in [0.717, 1.165) is 19.5 Å². The summed E-state index contributed by atoms with van der Waals surface area (Å²) in [5.74, 6) is 0. The van der Waals surface area contributed by atoms with Crippen LogP contribution in [0.15, 0.2) is 0 Å². The van der Waals surface area contributed by atoms with Gasteiger partial charge < -0.3 is 4.90 Å². The van der Waals surface area contributed by atoms with Crippen LogP contribution in [-0.2, 0) is 0 Å². The highest BCUT2D eigenvalue weighted by atomic mass is 15.1. The highest BCUT2D eigenvalue weighted by Gasteiger charge is 2.02. The molecule has 0 rings (SSSR count). The van der Waals surface area contributed by atoms with Crippen LogP contribution in [-0.4, -0.2) is 24.0 Å². The minimum absolute atomic E-state index is 0.678. The maximum absolute atomic E-state index is 3.81. The van der Waals surface area contributed by atoms with E-state index < -0.39 is 0 Å². The first-order valence-corrected chi connectivity index (χ1v) is 3.75. The van der Waals surface area contributed by atoms with E-state index in [1.165, 1.54) is 0 Å². The predicted molar refractivity (Wildman–Crippen MR) is 42.4 cm³/mol. The van der Waals surface area contributed by atoms with Gasteiger partial charge in [0.2, 0.25) is 0 Å². The minimum atomic E-state index is 0.678. The molecule has 0 aromatic heterocycles. The van der Waals surface area contributed by atoms with E-state index in [0.29, 0.717) is 6.04 Å². The summed E-state index contributed by atoms with van der Waals surface area (Å²) in [5.41, 5.74) is 0. The molecule has 55 valence electrons. The Balaban J connectivity index is 3.41. The van der Waals surface area contributed by atoms with E-state index in [1.54, 1.807) is 0 Å². The number of hydrogen-bond acceptors (Lipinski definition) is 1. The van der Waals surface area contributed by atoms with Gasteiger partial charge in [0, 0.05) is 6.04 Å². The molecule has 1 radical (unpaired) electrons. The van der Waals surface area contributed by atoms with Crippen LogP contribution in [0.5, 0.6) is 0 Å². The zero-order chi connectivity index (χ0) is 7.28. The highest BCUT2D eigenvalue weighted by Crippen LogP contribution is 1.97. The molecular weight excluding hydrogens is 110 g/mol. The van der Waals surface area contributed by atoms with Crippen molar-refractivity contribution in [2.45, 2.75) is 33.2 Å². The summed E-state index contributed by atoms with van der Waals surface area (Å²) in [5, 5.41) is 0. The lowest BCUT2D eigenvalue weighted by molar-refractivity contribution is 0.238. The van der Waals surface area contributed by atoms with Crippen molar-refractivity contribution in [3.8, 4) is 0 Å². The topological polar surface area (TPSA) is 3.24 Å². The Morgan fingerprint density at radius 1 is 1.44 bits per heavy atom. The van der Waals surface area contributed by atoms with Gasteiger partial charge in [-0.3, -0.25) is 0 Å². The van der Waals surface area contributed by atoms with Gasteiger partial charge in [0.1, 0.15) is 0 Å². The fourth-order valence-electron chi connectivity index (χ4n) is 0.985. The summed E-state index contributed by atoms with van der Waals surface area (Å²) >= 11 is 0. The Labute approximate surface area is 59.1 Å². The molecule has 0 heterocycles. The standard InChI is InChI=1S/C8H18N/c1-5-7-9(6-2)8(3)4/h8H,1,5-7H2,2-4H3. The van der Waals surface area contributed by atoms with E-state index in [9.17, 15) is 0 Å². The quantitative estimate of drug-likeness (QED) is 0.559. The maximum Gasteiger partial charge on any atom is 0.00384 e. The summed E-state index contributed by atoms with van der Waals surface area (Å²) < 4.78 is 0. The molecule has 0 unspecified atom stereocenters. The van der Waals surface area contributed by atoms with Crippen molar-refractivity contribution in [1.82, 2.24) is 4.90 Å². The van der Waals surface area contributed by atoms with E-state index in [2.05, 4.69) is 32.6 Å². The molecule has 0 aliphatic carbocycles. The average Bonchev–Trinajstić information content (AvgIpc) is 1.82. The predicted octanol–water partition coefficient (Wildman–Crippen LogP) is 1.94. The van der Waals surface area contributed by atoms with Crippen molar-refractivity contribution >= 4 is 0 Å². The molecule has 0 fully saturated rings. The van der Waals surface area contributed by atoms with Crippen molar-refractivity contribution in [1.29, 1.82) is 0 Å². The molecule has 1 heteroatoms. The number of rotatable bonds is 4. The van der Waals surface area contributed by atoms with Gasteiger partial charge in [-0.1, -0.05) is 13.8 Å². The Bertz CT molecular complexity index is 59.6. The van der Waals surface area contributed by atoms with Gasteiger partial charge in [-0.25, -0.2) is 0 Å². The van der Waals surface area contributed by atoms with Crippen LogP contribution < -0.4 is 0 Å². The summed E-state index contributed by atoms with van der Waals surface area (Å²) in [6.07, 6.45) is 1.02. The molecule has 0 aliphatic heterocycles. The third kappa shape index (κ3) is 3.52. The van der Waals surface area contributed by atoms with Crippen LogP contribution in [0.1, 0.15) is 27.2 Å². The van der Waals surface area contributed by atoms with Gasteiger partial charge in [-0.05, 0) is 33.4 Å². The van der Waals surface area contributed by atoms with Crippen LogP contribution in [0, 0.1) is 6.92 Å². The Kier molecular flexibility index (Phi) is 4.78. The molecule has 0 aliphatic rings. The summed E-state index contributed by atoms with van der Waals surface area (Å²) in [6.45, 7) is 12.7. The highest BCUT2D eigenvalue weighted by molar-refractivity contribution is 4.60. The maximum atomic E-state index is 3.81. The Morgan fingerprint density at radius 3 is 2.11 bits per heavy atom. The first kappa shape index (κ1) is 8.96. The number of hydrogen-bond donors (Lipinski definition) is 0. The van der Waals surface area contributed by atoms with E-state index in [1.807, 2.05) is 0 Å². The molecule has 0 atom stereocenters. The molecule has 0 N–H and O–H groups in total. The molecule has 0 amide bonds. The molecule has 0 spiro atoms. The minimum Gasteiger partial charge on any atom is -0.301 e. The van der Waals surface area contributed by atoms with Crippen molar-refractivity contribution in [2.75, 3.05) is 13.1 Å². The summed E-state index contributed by atoms with van der Waals surface area (Å²) in [4.78, 5) is 2.41. The van der Waals surface area contributed by atoms with Crippen molar-refractivity contribution in [3.05, 3.63) is 6.92 Å². The monoisotopic (exact) mass is 128 g/mol. The first-order valence-electron chi connectivity index (χ1n) is 3.75. The lowest BCUT2D eigenvalue weighted by Gasteiger charge is -2.23. The second-order valence-corrected chi connectivity index (χ2v) is 2.58. The van der Waals surface area contributed by atoms with Crippen LogP contribution in [0.2, 0.25) is 0 Å². The molecular formula is C8H18N. The normalized spacial score (nSPS) is 11.3. The zero-order valence-corrected chi connectivity index (χ0v) is 6.85. The van der Waals surface area contributed by atoms with Crippen molar-refractivity contribution < 1.29 is 0 Å². The third-order valence-corrected chi connectivity index (χ3v) is 1.58. The van der Waals surface area contributed by atoms with Crippen LogP contribution >= 0.6 is 0 Å². The molecule has 0 saturated carbocycles.